The molecule has 10 heteroatoms. The van der Waals surface area contributed by atoms with Gasteiger partial charge in [-0.15, -0.1) is 0 Å². The summed E-state index contributed by atoms with van der Waals surface area (Å²) in [6.07, 6.45) is 113. The van der Waals surface area contributed by atoms with Crippen molar-refractivity contribution >= 4 is 19.8 Å². The fourth-order valence-electron chi connectivity index (χ4n) is 10.1. The van der Waals surface area contributed by atoms with Crippen LogP contribution in [-0.4, -0.2) is 49.3 Å². The van der Waals surface area contributed by atoms with Gasteiger partial charge in [-0.25, -0.2) is 4.57 Å². The van der Waals surface area contributed by atoms with Gasteiger partial charge in [-0.1, -0.05) is 338 Å². The Balaban J connectivity index is 3.89. The van der Waals surface area contributed by atoms with Crippen molar-refractivity contribution in [2.75, 3.05) is 26.4 Å². The van der Waals surface area contributed by atoms with E-state index in [9.17, 15) is 19.0 Å². The van der Waals surface area contributed by atoms with Crippen LogP contribution in [0.4, 0.5) is 0 Å². The largest absolute Gasteiger partial charge is 0.472 e. The molecule has 2 atom stereocenters. The van der Waals surface area contributed by atoms with Gasteiger partial charge >= 0.3 is 19.8 Å². The lowest BCUT2D eigenvalue weighted by atomic mass is 10.0. The maximum absolute atomic E-state index is 12.8. The molecule has 0 aromatic carbocycles. The van der Waals surface area contributed by atoms with Crippen molar-refractivity contribution in [1.29, 1.82) is 0 Å². The third kappa shape index (κ3) is 76.3. The number of carbonyl (C=O) groups excluding carboxylic acids is 2. The van der Waals surface area contributed by atoms with Crippen LogP contribution in [0, 0.1) is 0 Å². The van der Waals surface area contributed by atoms with Crippen LogP contribution in [0.5, 0.6) is 0 Å². The standard InChI is InChI=1S/C83H138NO8P/c1-3-5-7-9-11-13-15-17-19-21-23-25-27-29-31-33-35-37-38-39-40-41-42-44-45-47-49-51-53-55-57-59-61-63-65-67-69-71-73-75-82(85)89-79-81(80-91-93(87,88)90-78-77-84)92-83(86)76-74-72-70-68-66-64-62-60-58-56-54-52-50-48-46-43-36-34-32-30-28-26-24-22-20-18-16-14-12-10-8-6-4-2/h5-8,11-14,17-20,23-26,29-32,35-37,43,48,50,54,56,81H,3-4,9-10,15-16,21-22,27-28,33-34,38-42,44-47,49,51-53,55,57-80,84H2,1-2H3,(H,87,88)/b7-5-,8-6-,13-11-,14-12-,19-17-,20-18-,25-23-,26-24-,31-29-,32-30-,37-35-,43-36-,50-48-,56-54-. The predicted octanol–water partition coefficient (Wildman–Crippen LogP) is 25.3. The molecule has 0 aliphatic rings. The lowest BCUT2D eigenvalue weighted by molar-refractivity contribution is -0.161. The van der Waals surface area contributed by atoms with Crippen LogP contribution in [0.1, 0.15) is 309 Å². The summed E-state index contributed by atoms with van der Waals surface area (Å²) in [5.74, 6) is -0.837. The Morgan fingerprint density at radius 3 is 0.828 bits per heavy atom. The number of allylic oxidation sites excluding steroid dienone is 28. The SMILES string of the molecule is CC/C=C\C/C=C\C/C=C\C/C=C\C/C=C\C/C=C\C/C=C\C/C=C\CCCCCCCCCCC(=O)OC(COC(=O)CCCCCCCCCCCCCCCCCCCCCC/C=C\C/C=C\C/C=C\C/C=C\C/C=C\C/C=C\CC)COP(=O)(O)OCCN. The third-order valence-corrected chi connectivity index (χ3v) is 16.6. The molecular formula is C83H138NO8P. The number of rotatable bonds is 69. The van der Waals surface area contributed by atoms with Gasteiger partial charge in [0.25, 0.3) is 0 Å². The second-order valence-corrected chi connectivity index (χ2v) is 25.9. The maximum Gasteiger partial charge on any atom is 0.472 e. The summed E-state index contributed by atoms with van der Waals surface area (Å²) in [7, 11) is -4.41. The van der Waals surface area contributed by atoms with E-state index in [-0.39, 0.29) is 38.6 Å². The molecule has 0 radical (unpaired) electrons. The van der Waals surface area contributed by atoms with Gasteiger partial charge < -0.3 is 20.1 Å². The van der Waals surface area contributed by atoms with E-state index in [1.165, 1.54) is 141 Å². The lowest BCUT2D eigenvalue weighted by Gasteiger charge is -2.19. The average molecular weight is 1310 g/mol. The van der Waals surface area contributed by atoms with Crippen LogP contribution in [0.2, 0.25) is 0 Å². The molecule has 0 aromatic heterocycles. The molecule has 0 bridgehead atoms. The molecule has 528 valence electrons. The highest BCUT2D eigenvalue weighted by Crippen LogP contribution is 2.43. The molecule has 0 aromatic rings. The van der Waals surface area contributed by atoms with Crippen molar-refractivity contribution in [3.8, 4) is 0 Å². The Hall–Kier alpha value is -4.63. The Morgan fingerprint density at radius 2 is 0.559 bits per heavy atom. The van der Waals surface area contributed by atoms with Crippen molar-refractivity contribution in [2.45, 2.75) is 315 Å². The first-order chi connectivity index (χ1) is 45.8. The summed E-state index contributed by atoms with van der Waals surface area (Å²) in [5.41, 5.74) is 5.41. The first kappa shape index (κ1) is 88.4. The van der Waals surface area contributed by atoms with Crippen LogP contribution >= 0.6 is 7.82 Å². The number of nitrogens with two attached hydrogens (primary N) is 1. The predicted molar refractivity (Wildman–Crippen MR) is 403 cm³/mol. The number of carbonyl (C=O) groups is 2. The van der Waals surface area contributed by atoms with E-state index in [4.69, 9.17) is 24.3 Å². The Kier molecular flexibility index (Phi) is 72.6. The van der Waals surface area contributed by atoms with E-state index in [2.05, 4.69) is 184 Å². The summed E-state index contributed by atoms with van der Waals surface area (Å²) >= 11 is 0. The zero-order valence-electron chi connectivity index (χ0n) is 59.4. The van der Waals surface area contributed by atoms with Crippen LogP contribution in [0.25, 0.3) is 0 Å². The molecular weight excluding hydrogens is 1170 g/mol. The van der Waals surface area contributed by atoms with E-state index >= 15 is 0 Å². The number of phosphoric ester groups is 1. The quantitative estimate of drug-likeness (QED) is 0.0264. The van der Waals surface area contributed by atoms with Crippen molar-refractivity contribution in [3.05, 3.63) is 170 Å². The van der Waals surface area contributed by atoms with Gasteiger partial charge in [0, 0.05) is 19.4 Å². The molecule has 2 unspecified atom stereocenters. The van der Waals surface area contributed by atoms with Crippen molar-refractivity contribution < 1.29 is 37.6 Å². The summed E-state index contributed by atoms with van der Waals surface area (Å²) in [4.78, 5) is 35.4. The van der Waals surface area contributed by atoms with Crippen LogP contribution in [0.3, 0.4) is 0 Å². The molecule has 93 heavy (non-hydrogen) atoms. The summed E-state index contributed by atoms with van der Waals surface area (Å²) in [5, 5.41) is 0. The number of esters is 2. The van der Waals surface area contributed by atoms with Gasteiger partial charge in [-0.2, -0.15) is 0 Å². The van der Waals surface area contributed by atoms with Gasteiger partial charge in [-0.3, -0.25) is 18.6 Å². The van der Waals surface area contributed by atoms with E-state index < -0.39 is 26.5 Å². The van der Waals surface area contributed by atoms with Crippen molar-refractivity contribution in [3.63, 3.8) is 0 Å². The maximum atomic E-state index is 12.8. The molecule has 9 nitrogen and oxygen atoms in total. The second kappa shape index (κ2) is 76.4. The molecule has 0 aliphatic heterocycles. The molecule has 0 rings (SSSR count). The lowest BCUT2D eigenvalue weighted by Crippen LogP contribution is -2.29. The highest BCUT2D eigenvalue weighted by Gasteiger charge is 2.26. The van der Waals surface area contributed by atoms with Gasteiger partial charge in [0.2, 0.25) is 0 Å². The number of hydrogen-bond donors (Lipinski definition) is 2. The summed E-state index contributed by atoms with van der Waals surface area (Å²) in [6, 6.07) is 0. The van der Waals surface area contributed by atoms with Crippen molar-refractivity contribution in [1.82, 2.24) is 0 Å². The molecule has 0 heterocycles. The summed E-state index contributed by atoms with van der Waals surface area (Å²) < 4.78 is 33.2. The molecule has 0 saturated heterocycles. The van der Waals surface area contributed by atoms with Crippen LogP contribution in [-0.2, 0) is 32.7 Å². The number of phosphoric acid groups is 1. The molecule has 0 fully saturated rings. The van der Waals surface area contributed by atoms with Gasteiger partial charge in [0.1, 0.15) is 6.61 Å². The smallest absolute Gasteiger partial charge is 0.462 e. The second-order valence-electron chi connectivity index (χ2n) is 24.4. The van der Waals surface area contributed by atoms with Crippen molar-refractivity contribution in [2.24, 2.45) is 5.73 Å². The first-order valence-corrected chi connectivity index (χ1v) is 39.1. The minimum absolute atomic E-state index is 0.0455. The summed E-state index contributed by atoms with van der Waals surface area (Å²) in [6.45, 7) is 3.52. The Labute approximate surface area is 571 Å². The van der Waals surface area contributed by atoms with Crippen LogP contribution < -0.4 is 5.73 Å². The third-order valence-electron chi connectivity index (χ3n) is 15.6. The minimum Gasteiger partial charge on any atom is -0.462 e. The molecule has 0 aliphatic carbocycles. The number of unbranched alkanes of at least 4 members (excludes halogenated alkanes) is 28. The molecule has 0 amide bonds. The molecule has 0 saturated carbocycles. The average Bonchev–Trinajstić information content (AvgIpc) is 3.32. The minimum atomic E-state index is -4.41. The normalized spacial score (nSPS) is 13.9. The highest BCUT2D eigenvalue weighted by atomic mass is 31.2. The zero-order chi connectivity index (χ0) is 67.2. The number of ether oxygens (including phenoxy) is 2. The Morgan fingerprint density at radius 1 is 0.323 bits per heavy atom. The fourth-order valence-corrected chi connectivity index (χ4v) is 10.9. The van der Waals surface area contributed by atoms with Gasteiger partial charge in [0.05, 0.1) is 13.2 Å². The fraction of sp³-hybridized carbons (Fsp3) is 0.639. The molecule has 0 spiro atoms. The highest BCUT2D eigenvalue weighted by molar-refractivity contribution is 7.47. The zero-order valence-corrected chi connectivity index (χ0v) is 60.3. The van der Waals surface area contributed by atoms with Gasteiger partial charge in [-0.05, 0) is 128 Å². The van der Waals surface area contributed by atoms with E-state index in [1.807, 2.05) is 0 Å². The Bertz CT molecular complexity index is 2140. The molecule has 3 N–H and O–H groups in total. The van der Waals surface area contributed by atoms with E-state index in [0.29, 0.717) is 6.42 Å². The van der Waals surface area contributed by atoms with Crippen LogP contribution in [0.15, 0.2) is 170 Å². The first-order valence-electron chi connectivity index (χ1n) is 37.6. The van der Waals surface area contributed by atoms with E-state index in [0.717, 1.165) is 135 Å². The monoisotopic (exact) mass is 1310 g/mol. The number of hydrogen-bond acceptors (Lipinski definition) is 8. The van der Waals surface area contributed by atoms with E-state index in [1.54, 1.807) is 0 Å². The topological polar surface area (TPSA) is 134 Å². The van der Waals surface area contributed by atoms with Gasteiger partial charge in [0.15, 0.2) is 6.10 Å².